The number of hydrogen-bond donors (Lipinski definition) is 2. The van der Waals surface area contributed by atoms with Crippen molar-refractivity contribution in [1.29, 1.82) is 0 Å². The first-order chi connectivity index (χ1) is 9.11. The molecule has 2 N–H and O–H groups in total. The molecule has 96 valence electrons. The van der Waals surface area contributed by atoms with Gasteiger partial charge in [0.15, 0.2) is 11.5 Å². The number of anilines is 1. The Balaban J connectivity index is 2.00. The van der Waals surface area contributed by atoms with E-state index in [0.717, 1.165) is 28.4 Å². The SMILES string of the molecule is CC(=O)Nc1cccc(-c2nn3nc(C)cc3[nH]2)c1. The number of amides is 1. The number of nitrogens with zero attached hydrogens (tertiary/aromatic N) is 3. The predicted molar refractivity (Wildman–Crippen MR) is 71.8 cm³/mol. The van der Waals surface area contributed by atoms with Crippen LogP contribution in [-0.2, 0) is 4.79 Å². The smallest absolute Gasteiger partial charge is 0.221 e. The van der Waals surface area contributed by atoms with E-state index in [1.165, 1.54) is 6.92 Å². The van der Waals surface area contributed by atoms with E-state index in [2.05, 4.69) is 20.5 Å². The van der Waals surface area contributed by atoms with Crippen molar-refractivity contribution in [2.45, 2.75) is 13.8 Å². The van der Waals surface area contributed by atoms with Crippen molar-refractivity contribution in [3.63, 3.8) is 0 Å². The van der Waals surface area contributed by atoms with Crippen LogP contribution < -0.4 is 5.32 Å². The fourth-order valence-electron chi connectivity index (χ4n) is 1.97. The third kappa shape index (κ3) is 2.20. The van der Waals surface area contributed by atoms with Crippen LogP contribution in [0.4, 0.5) is 5.69 Å². The third-order valence-electron chi connectivity index (χ3n) is 2.71. The molecular weight excluding hydrogens is 242 g/mol. The van der Waals surface area contributed by atoms with Gasteiger partial charge >= 0.3 is 0 Å². The summed E-state index contributed by atoms with van der Waals surface area (Å²) in [5, 5.41) is 11.3. The lowest BCUT2D eigenvalue weighted by molar-refractivity contribution is -0.114. The first kappa shape index (κ1) is 11.5. The van der Waals surface area contributed by atoms with E-state index in [4.69, 9.17) is 0 Å². The maximum atomic E-state index is 11.0. The molecule has 0 unspecified atom stereocenters. The summed E-state index contributed by atoms with van der Waals surface area (Å²) in [7, 11) is 0. The maximum absolute atomic E-state index is 11.0. The Hall–Kier alpha value is -2.63. The van der Waals surface area contributed by atoms with Crippen LogP contribution in [-0.4, -0.2) is 25.7 Å². The van der Waals surface area contributed by atoms with Gasteiger partial charge in [-0.2, -0.15) is 5.10 Å². The van der Waals surface area contributed by atoms with Crippen LogP contribution in [0.2, 0.25) is 0 Å². The van der Waals surface area contributed by atoms with Gasteiger partial charge in [-0.25, -0.2) is 0 Å². The van der Waals surface area contributed by atoms with Gasteiger partial charge in [0.25, 0.3) is 0 Å². The van der Waals surface area contributed by atoms with Crippen molar-refractivity contribution in [1.82, 2.24) is 19.8 Å². The fraction of sp³-hybridized carbons (Fsp3) is 0.154. The molecule has 0 saturated heterocycles. The summed E-state index contributed by atoms with van der Waals surface area (Å²) in [6, 6.07) is 9.43. The van der Waals surface area contributed by atoms with Gasteiger partial charge in [-0.05, 0) is 19.1 Å². The molecule has 2 aromatic heterocycles. The number of aryl methyl sites for hydroxylation is 1. The molecule has 0 aliphatic heterocycles. The molecule has 0 bridgehead atoms. The highest BCUT2D eigenvalue weighted by molar-refractivity contribution is 5.89. The number of aromatic amines is 1. The Labute approximate surface area is 109 Å². The predicted octanol–water partition coefficient (Wildman–Crippen LogP) is 1.99. The van der Waals surface area contributed by atoms with Crippen LogP contribution in [0.3, 0.4) is 0 Å². The third-order valence-corrected chi connectivity index (χ3v) is 2.71. The monoisotopic (exact) mass is 255 g/mol. The Morgan fingerprint density at radius 3 is 2.89 bits per heavy atom. The summed E-state index contributed by atoms with van der Waals surface area (Å²) in [4.78, 5) is 14.2. The van der Waals surface area contributed by atoms with E-state index in [9.17, 15) is 4.79 Å². The minimum atomic E-state index is -0.0953. The number of rotatable bonds is 2. The van der Waals surface area contributed by atoms with Gasteiger partial charge < -0.3 is 10.3 Å². The van der Waals surface area contributed by atoms with Crippen LogP contribution in [0.1, 0.15) is 12.6 Å². The van der Waals surface area contributed by atoms with Gasteiger partial charge in [-0.3, -0.25) is 4.79 Å². The second-order valence-electron chi connectivity index (χ2n) is 4.40. The Bertz CT molecular complexity index is 724. The molecule has 3 rings (SSSR count). The number of aromatic nitrogens is 4. The minimum Gasteiger partial charge on any atom is -0.326 e. The molecule has 1 amide bonds. The lowest BCUT2D eigenvalue weighted by Gasteiger charge is -2.03. The van der Waals surface area contributed by atoms with E-state index in [1.807, 2.05) is 37.3 Å². The number of nitrogens with one attached hydrogen (secondary N) is 2. The molecule has 0 radical (unpaired) electrons. The van der Waals surface area contributed by atoms with Crippen LogP contribution in [0, 0.1) is 6.92 Å². The van der Waals surface area contributed by atoms with Gasteiger partial charge in [-0.1, -0.05) is 12.1 Å². The average molecular weight is 255 g/mol. The summed E-state index contributed by atoms with van der Waals surface area (Å²) in [5.41, 5.74) is 3.40. The summed E-state index contributed by atoms with van der Waals surface area (Å²) in [6.07, 6.45) is 0. The quantitative estimate of drug-likeness (QED) is 0.735. The molecule has 19 heavy (non-hydrogen) atoms. The van der Waals surface area contributed by atoms with Crippen molar-refractivity contribution in [3.8, 4) is 11.4 Å². The van der Waals surface area contributed by atoms with E-state index in [-0.39, 0.29) is 5.91 Å². The van der Waals surface area contributed by atoms with Crippen molar-refractivity contribution in [3.05, 3.63) is 36.0 Å². The molecule has 2 heterocycles. The van der Waals surface area contributed by atoms with Gasteiger partial charge in [0.2, 0.25) is 5.91 Å². The van der Waals surface area contributed by atoms with E-state index >= 15 is 0 Å². The summed E-state index contributed by atoms with van der Waals surface area (Å²) in [5.74, 6) is 0.622. The van der Waals surface area contributed by atoms with Gasteiger partial charge in [0.1, 0.15) is 0 Å². The van der Waals surface area contributed by atoms with Crippen LogP contribution >= 0.6 is 0 Å². The Kier molecular flexibility index (Phi) is 2.56. The second kappa shape index (κ2) is 4.24. The molecule has 0 saturated carbocycles. The Morgan fingerprint density at radius 2 is 2.16 bits per heavy atom. The zero-order valence-corrected chi connectivity index (χ0v) is 10.6. The molecule has 0 atom stereocenters. The number of carbonyl (C=O) groups is 1. The number of carbonyl (C=O) groups excluding carboxylic acids is 1. The van der Waals surface area contributed by atoms with Gasteiger partial charge in [-0.15, -0.1) is 9.73 Å². The normalized spacial score (nSPS) is 10.8. The highest BCUT2D eigenvalue weighted by atomic mass is 16.1. The molecule has 1 aromatic carbocycles. The summed E-state index contributed by atoms with van der Waals surface area (Å²) >= 11 is 0. The molecule has 0 aliphatic rings. The highest BCUT2D eigenvalue weighted by Crippen LogP contribution is 2.20. The molecule has 0 spiro atoms. The molecular formula is C13H13N5O. The fourth-order valence-corrected chi connectivity index (χ4v) is 1.97. The average Bonchev–Trinajstić information content (AvgIpc) is 2.85. The van der Waals surface area contributed by atoms with Crippen LogP contribution in [0.5, 0.6) is 0 Å². The van der Waals surface area contributed by atoms with Crippen LogP contribution in [0.25, 0.3) is 17.0 Å². The first-order valence-corrected chi connectivity index (χ1v) is 5.92. The van der Waals surface area contributed by atoms with Crippen molar-refractivity contribution in [2.24, 2.45) is 0 Å². The van der Waals surface area contributed by atoms with Crippen molar-refractivity contribution < 1.29 is 4.79 Å². The highest BCUT2D eigenvalue weighted by Gasteiger charge is 2.08. The molecule has 6 nitrogen and oxygen atoms in total. The lowest BCUT2D eigenvalue weighted by Crippen LogP contribution is -2.05. The minimum absolute atomic E-state index is 0.0953. The number of fused-ring (bicyclic) bond motifs is 1. The number of H-pyrrole nitrogens is 1. The zero-order valence-electron chi connectivity index (χ0n) is 10.6. The topological polar surface area (TPSA) is 75.1 Å². The zero-order chi connectivity index (χ0) is 13.4. The van der Waals surface area contributed by atoms with Crippen molar-refractivity contribution in [2.75, 3.05) is 5.32 Å². The molecule has 0 fully saturated rings. The van der Waals surface area contributed by atoms with Gasteiger partial charge in [0, 0.05) is 24.2 Å². The largest absolute Gasteiger partial charge is 0.326 e. The van der Waals surface area contributed by atoms with Gasteiger partial charge in [0.05, 0.1) is 5.69 Å². The Morgan fingerprint density at radius 1 is 1.32 bits per heavy atom. The van der Waals surface area contributed by atoms with E-state index in [1.54, 1.807) is 4.63 Å². The number of hydrogen-bond acceptors (Lipinski definition) is 3. The summed E-state index contributed by atoms with van der Waals surface area (Å²) < 4.78 is 1.57. The molecule has 6 heteroatoms. The van der Waals surface area contributed by atoms with E-state index < -0.39 is 0 Å². The first-order valence-electron chi connectivity index (χ1n) is 5.92. The molecule has 0 aliphatic carbocycles. The standard InChI is InChI=1S/C13H13N5O/c1-8-6-12-15-13(17-18(12)16-8)10-4-3-5-11(7-10)14-9(2)19/h3-7H,1-2H3,(H,14,19)(H,15,17). The van der Waals surface area contributed by atoms with E-state index in [0.29, 0.717) is 0 Å². The van der Waals surface area contributed by atoms with Crippen LogP contribution in [0.15, 0.2) is 30.3 Å². The lowest BCUT2D eigenvalue weighted by atomic mass is 10.2. The summed E-state index contributed by atoms with van der Waals surface area (Å²) in [6.45, 7) is 3.40. The second-order valence-corrected chi connectivity index (χ2v) is 4.40. The number of benzene rings is 1. The molecule has 3 aromatic rings. The maximum Gasteiger partial charge on any atom is 0.221 e. The van der Waals surface area contributed by atoms with Crippen molar-refractivity contribution >= 4 is 17.2 Å².